The Hall–Kier alpha value is -1.64. The maximum atomic E-state index is 4.38. The molecule has 0 fully saturated rings. The molecule has 1 heterocycles. The molecule has 0 radical (unpaired) electrons. The van der Waals surface area contributed by atoms with Crippen molar-refractivity contribution < 1.29 is 0 Å². The van der Waals surface area contributed by atoms with Gasteiger partial charge in [0.1, 0.15) is 0 Å². The van der Waals surface area contributed by atoms with Gasteiger partial charge in [-0.3, -0.25) is 4.99 Å². The van der Waals surface area contributed by atoms with E-state index in [9.17, 15) is 0 Å². The third kappa shape index (κ3) is 4.51. The number of hydrogen-bond acceptors (Lipinski definition) is 2. The van der Waals surface area contributed by atoms with Gasteiger partial charge in [-0.15, -0.1) is 0 Å². The maximum Gasteiger partial charge on any atom is 0.155 e. The average molecular weight is 259 g/mol. The van der Waals surface area contributed by atoms with Crippen LogP contribution in [-0.2, 0) is 0 Å². The molecule has 0 aliphatic heterocycles. The fraction of sp³-hybridized carbons (Fsp3) is 0.500. The van der Waals surface area contributed by atoms with E-state index in [0.29, 0.717) is 5.92 Å². The molecule has 1 atom stereocenters. The minimum atomic E-state index is 0.494. The van der Waals surface area contributed by atoms with E-state index < -0.39 is 0 Å². The van der Waals surface area contributed by atoms with Crippen LogP contribution in [0.15, 0.2) is 30.5 Å². The summed E-state index contributed by atoms with van der Waals surface area (Å²) < 4.78 is 2.01. The fourth-order valence-corrected chi connectivity index (χ4v) is 2.19. The van der Waals surface area contributed by atoms with Gasteiger partial charge < -0.3 is 4.57 Å². The summed E-state index contributed by atoms with van der Waals surface area (Å²) in [5, 5.41) is 0. The molecule has 0 spiro atoms. The third-order valence-corrected chi connectivity index (χ3v) is 3.33. The topological polar surface area (TPSA) is 30.2 Å². The summed E-state index contributed by atoms with van der Waals surface area (Å²) in [4.78, 5) is 8.40. The van der Waals surface area contributed by atoms with Crippen molar-refractivity contribution in [2.75, 3.05) is 0 Å². The van der Waals surface area contributed by atoms with Crippen LogP contribution in [0.5, 0.6) is 0 Å². The fourth-order valence-electron chi connectivity index (χ4n) is 2.19. The van der Waals surface area contributed by atoms with E-state index in [1.165, 1.54) is 44.0 Å². The summed E-state index contributed by atoms with van der Waals surface area (Å²) in [6.45, 7) is 11.9. The molecule has 0 saturated carbocycles. The third-order valence-electron chi connectivity index (χ3n) is 3.33. The van der Waals surface area contributed by atoms with Crippen LogP contribution in [0, 0.1) is 0 Å². The van der Waals surface area contributed by atoms with Crippen molar-refractivity contribution in [1.29, 1.82) is 0 Å². The van der Waals surface area contributed by atoms with Gasteiger partial charge in [-0.1, -0.05) is 52.7 Å². The van der Waals surface area contributed by atoms with Crippen LogP contribution in [0.25, 0.3) is 6.20 Å². The smallest absolute Gasteiger partial charge is 0.155 e. The maximum absolute atomic E-state index is 4.38. The minimum absolute atomic E-state index is 0.494. The highest BCUT2D eigenvalue weighted by atomic mass is 15.1. The highest BCUT2D eigenvalue weighted by molar-refractivity contribution is 5.76. The van der Waals surface area contributed by atoms with Gasteiger partial charge in [0.2, 0.25) is 0 Å². The lowest BCUT2D eigenvalue weighted by molar-refractivity contribution is 0.568. The Kier molecular flexibility index (Phi) is 6.86. The molecule has 3 nitrogen and oxygen atoms in total. The molecule has 0 bridgehead atoms. The second kappa shape index (κ2) is 8.46. The Morgan fingerprint density at radius 1 is 1.37 bits per heavy atom. The second-order valence-electron chi connectivity index (χ2n) is 4.80. The van der Waals surface area contributed by atoms with Gasteiger partial charge >= 0.3 is 0 Å². The van der Waals surface area contributed by atoms with Crippen LogP contribution in [0.2, 0.25) is 0 Å². The van der Waals surface area contributed by atoms with E-state index in [1.54, 1.807) is 12.4 Å². The van der Waals surface area contributed by atoms with Gasteiger partial charge in [0.25, 0.3) is 0 Å². The predicted molar refractivity (Wildman–Crippen MR) is 83.6 cm³/mol. The molecule has 3 heteroatoms. The van der Waals surface area contributed by atoms with Gasteiger partial charge in [0.05, 0.1) is 6.21 Å². The van der Waals surface area contributed by atoms with E-state index in [1.807, 2.05) is 10.8 Å². The second-order valence-corrected chi connectivity index (χ2v) is 4.80. The zero-order chi connectivity index (χ0) is 14.1. The molecule has 0 aromatic carbocycles. The van der Waals surface area contributed by atoms with E-state index in [-0.39, 0.29) is 0 Å². The van der Waals surface area contributed by atoms with Crippen LogP contribution in [0.1, 0.15) is 63.4 Å². The van der Waals surface area contributed by atoms with Crippen LogP contribution in [0.4, 0.5) is 0 Å². The largest absolute Gasteiger partial charge is 0.303 e. The number of aromatic nitrogens is 2. The SMILES string of the molecule is C=CN=Cc1ncc(C(C)CCCCCC)n1C=C. The molecule has 1 aromatic rings. The molecule has 0 amide bonds. The number of hydrogen-bond donors (Lipinski definition) is 0. The Morgan fingerprint density at radius 3 is 2.79 bits per heavy atom. The van der Waals surface area contributed by atoms with Crippen LogP contribution >= 0.6 is 0 Å². The van der Waals surface area contributed by atoms with Crippen molar-refractivity contribution in [3.05, 3.63) is 37.1 Å². The number of nitrogens with zero attached hydrogens (tertiary/aromatic N) is 3. The van der Waals surface area contributed by atoms with Crippen molar-refractivity contribution >= 4 is 12.4 Å². The monoisotopic (exact) mass is 259 g/mol. The Morgan fingerprint density at radius 2 is 2.16 bits per heavy atom. The molecule has 1 aromatic heterocycles. The van der Waals surface area contributed by atoms with E-state index in [0.717, 1.165) is 5.82 Å². The molecule has 1 rings (SSSR count). The summed E-state index contributed by atoms with van der Waals surface area (Å²) in [7, 11) is 0. The highest BCUT2D eigenvalue weighted by Crippen LogP contribution is 2.23. The minimum Gasteiger partial charge on any atom is -0.303 e. The first-order chi connectivity index (χ1) is 9.24. The zero-order valence-electron chi connectivity index (χ0n) is 12.2. The average Bonchev–Trinajstić information content (AvgIpc) is 2.84. The lowest BCUT2D eigenvalue weighted by atomic mass is 10.00. The van der Waals surface area contributed by atoms with Crippen LogP contribution in [0.3, 0.4) is 0 Å². The van der Waals surface area contributed by atoms with Gasteiger partial charge in [0, 0.05) is 24.3 Å². The van der Waals surface area contributed by atoms with Gasteiger partial charge in [0.15, 0.2) is 5.82 Å². The van der Waals surface area contributed by atoms with Crippen molar-refractivity contribution in [3.63, 3.8) is 0 Å². The van der Waals surface area contributed by atoms with Crippen LogP contribution in [-0.4, -0.2) is 15.8 Å². The molecule has 1 unspecified atom stereocenters. The van der Waals surface area contributed by atoms with Crippen molar-refractivity contribution in [1.82, 2.24) is 9.55 Å². The summed E-state index contributed by atoms with van der Waals surface area (Å²) in [6.07, 6.45) is 13.3. The van der Waals surface area contributed by atoms with E-state index in [4.69, 9.17) is 0 Å². The first kappa shape index (κ1) is 15.4. The molecular weight excluding hydrogens is 234 g/mol. The summed E-state index contributed by atoms with van der Waals surface area (Å²) in [5.74, 6) is 1.30. The standard InChI is InChI=1S/C16H25N3/c1-5-8-9-10-11-14(4)15-12-18-16(13-17-6-2)19(15)7-3/h6-7,12-14H,2-3,5,8-11H2,1,4H3. The van der Waals surface area contributed by atoms with Crippen molar-refractivity contribution in [2.45, 2.75) is 51.9 Å². The van der Waals surface area contributed by atoms with E-state index in [2.05, 4.69) is 37.0 Å². The highest BCUT2D eigenvalue weighted by Gasteiger charge is 2.12. The Labute approximate surface area is 116 Å². The number of imidazole rings is 1. The Bertz CT molecular complexity index is 429. The van der Waals surface area contributed by atoms with Crippen molar-refractivity contribution in [2.24, 2.45) is 4.99 Å². The first-order valence-electron chi connectivity index (χ1n) is 7.08. The zero-order valence-corrected chi connectivity index (χ0v) is 12.2. The number of unbranched alkanes of at least 4 members (excludes halogenated alkanes) is 3. The quantitative estimate of drug-likeness (QED) is 0.470. The molecular formula is C16H25N3. The van der Waals surface area contributed by atoms with Gasteiger partial charge in [-0.05, 0) is 12.3 Å². The lowest BCUT2D eigenvalue weighted by Crippen LogP contribution is -2.03. The molecule has 0 N–H and O–H groups in total. The van der Waals surface area contributed by atoms with Crippen LogP contribution < -0.4 is 0 Å². The molecule has 19 heavy (non-hydrogen) atoms. The normalized spacial score (nSPS) is 12.7. The molecule has 0 aliphatic rings. The summed E-state index contributed by atoms with van der Waals surface area (Å²) in [5.41, 5.74) is 1.21. The van der Waals surface area contributed by atoms with E-state index >= 15 is 0 Å². The van der Waals surface area contributed by atoms with Crippen molar-refractivity contribution in [3.8, 4) is 0 Å². The number of aliphatic imine (C=N–C) groups is 1. The molecule has 104 valence electrons. The lowest BCUT2D eigenvalue weighted by Gasteiger charge is -2.12. The molecule has 0 aliphatic carbocycles. The molecule has 0 saturated heterocycles. The van der Waals surface area contributed by atoms with Gasteiger partial charge in [-0.25, -0.2) is 4.98 Å². The summed E-state index contributed by atoms with van der Waals surface area (Å²) >= 11 is 0. The predicted octanol–water partition coefficient (Wildman–Crippen LogP) is 4.62. The van der Waals surface area contributed by atoms with Gasteiger partial charge in [-0.2, -0.15) is 0 Å². The first-order valence-corrected chi connectivity index (χ1v) is 7.08. The summed E-state index contributed by atoms with van der Waals surface area (Å²) in [6, 6.07) is 0. The number of rotatable bonds is 9. The Balaban J connectivity index is 2.71.